The van der Waals surface area contributed by atoms with E-state index in [1.807, 2.05) is 13.8 Å². The van der Waals surface area contributed by atoms with Gasteiger partial charge in [0.25, 0.3) is 0 Å². The zero-order valence-corrected chi connectivity index (χ0v) is 10.8. The van der Waals surface area contributed by atoms with Crippen molar-refractivity contribution in [3.05, 3.63) is 24.5 Å². The third-order valence-corrected chi connectivity index (χ3v) is 2.49. The number of carbonyl (C=O) groups is 1. The lowest BCUT2D eigenvalue weighted by atomic mass is 10.0. The molecule has 0 bridgehead atoms. The number of ether oxygens (including phenoxy) is 1. The summed E-state index contributed by atoms with van der Waals surface area (Å²) in [5, 5.41) is 12.2. The predicted octanol–water partition coefficient (Wildman–Crippen LogP) is 0.984. The molecule has 2 N–H and O–H groups in total. The Balaban J connectivity index is 2.13. The smallest absolute Gasteiger partial charge is 0.222 e. The van der Waals surface area contributed by atoms with Gasteiger partial charge in [-0.3, -0.25) is 9.78 Å². The molecule has 1 amide bonds. The molecule has 0 aliphatic heterocycles. The first-order valence-electron chi connectivity index (χ1n) is 6.07. The summed E-state index contributed by atoms with van der Waals surface area (Å²) in [7, 11) is 0. The molecule has 0 saturated heterocycles. The Kier molecular flexibility index (Phi) is 6.14. The van der Waals surface area contributed by atoms with Gasteiger partial charge in [0.15, 0.2) is 0 Å². The number of aromatic nitrogens is 1. The highest BCUT2D eigenvalue weighted by molar-refractivity contribution is 5.76. The average Bonchev–Trinajstić information content (AvgIpc) is 2.35. The minimum Gasteiger partial charge on any atom is -0.490 e. The summed E-state index contributed by atoms with van der Waals surface area (Å²) in [5.41, 5.74) is 0. The van der Waals surface area contributed by atoms with Crippen molar-refractivity contribution in [2.24, 2.45) is 5.92 Å². The van der Waals surface area contributed by atoms with E-state index >= 15 is 0 Å². The van der Waals surface area contributed by atoms with Crippen molar-refractivity contribution >= 4 is 5.91 Å². The quantitative estimate of drug-likeness (QED) is 0.710. The summed E-state index contributed by atoms with van der Waals surface area (Å²) in [5.74, 6) is 0.599. The van der Waals surface area contributed by atoms with Crippen LogP contribution in [0.4, 0.5) is 0 Å². The fourth-order valence-corrected chi connectivity index (χ4v) is 1.29. The molecule has 0 fully saturated rings. The monoisotopic (exact) mass is 252 g/mol. The Morgan fingerprint density at radius 1 is 1.56 bits per heavy atom. The van der Waals surface area contributed by atoms with Crippen molar-refractivity contribution in [2.75, 3.05) is 13.2 Å². The summed E-state index contributed by atoms with van der Waals surface area (Å²) in [6.07, 6.45) is 2.82. The highest BCUT2D eigenvalue weighted by Crippen LogP contribution is 2.06. The number of aliphatic hydroxyl groups excluding tert-OH is 1. The van der Waals surface area contributed by atoms with Crippen LogP contribution in [0.3, 0.4) is 0 Å². The van der Waals surface area contributed by atoms with E-state index in [1.54, 1.807) is 24.5 Å². The molecular weight excluding hydrogens is 232 g/mol. The van der Waals surface area contributed by atoms with Gasteiger partial charge in [-0.15, -0.1) is 0 Å². The molecule has 0 aliphatic carbocycles. The van der Waals surface area contributed by atoms with Crippen LogP contribution >= 0.6 is 0 Å². The van der Waals surface area contributed by atoms with Crippen molar-refractivity contribution in [3.8, 4) is 5.75 Å². The maximum Gasteiger partial charge on any atom is 0.222 e. The van der Waals surface area contributed by atoms with E-state index in [9.17, 15) is 9.90 Å². The first-order valence-corrected chi connectivity index (χ1v) is 6.07. The number of nitrogens with zero attached hydrogens (tertiary/aromatic N) is 1. The van der Waals surface area contributed by atoms with Gasteiger partial charge in [-0.2, -0.15) is 0 Å². The van der Waals surface area contributed by atoms with Gasteiger partial charge in [0.05, 0.1) is 25.3 Å². The van der Waals surface area contributed by atoms with Gasteiger partial charge in [0.2, 0.25) is 5.91 Å². The number of aliphatic hydroxyl groups is 1. The highest BCUT2D eigenvalue weighted by atomic mass is 16.5. The molecule has 1 atom stereocenters. The number of hydrogen-bond acceptors (Lipinski definition) is 4. The van der Waals surface area contributed by atoms with Crippen molar-refractivity contribution < 1.29 is 14.6 Å². The zero-order valence-electron chi connectivity index (χ0n) is 10.8. The van der Waals surface area contributed by atoms with Gasteiger partial charge in [-0.1, -0.05) is 13.8 Å². The van der Waals surface area contributed by atoms with Crippen LogP contribution in [-0.4, -0.2) is 35.3 Å². The summed E-state index contributed by atoms with van der Waals surface area (Å²) in [6, 6.07) is 3.59. The van der Waals surface area contributed by atoms with Crippen molar-refractivity contribution in [3.63, 3.8) is 0 Å². The van der Waals surface area contributed by atoms with Crippen LogP contribution < -0.4 is 10.1 Å². The van der Waals surface area contributed by atoms with Gasteiger partial charge in [0, 0.05) is 6.20 Å². The average molecular weight is 252 g/mol. The number of rotatable bonds is 7. The second-order valence-corrected chi connectivity index (χ2v) is 4.40. The Morgan fingerprint density at radius 3 is 2.94 bits per heavy atom. The molecule has 0 saturated carbocycles. The molecule has 0 aliphatic rings. The van der Waals surface area contributed by atoms with Crippen LogP contribution in [0.25, 0.3) is 0 Å². The van der Waals surface area contributed by atoms with Crippen LogP contribution in [0.5, 0.6) is 5.75 Å². The van der Waals surface area contributed by atoms with Gasteiger partial charge in [0.1, 0.15) is 12.4 Å². The SMILES string of the molecule is CC(C)C(O)CC(=O)NCCOc1cccnc1. The normalized spacial score (nSPS) is 12.2. The standard InChI is InChI=1S/C13H20N2O3/c1-10(2)12(16)8-13(17)15-6-7-18-11-4-3-5-14-9-11/h3-5,9-10,12,16H,6-8H2,1-2H3,(H,15,17). The van der Waals surface area contributed by atoms with Crippen molar-refractivity contribution in [1.29, 1.82) is 0 Å². The first-order chi connectivity index (χ1) is 8.59. The summed E-state index contributed by atoms with van der Waals surface area (Å²) in [4.78, 5) is 15.3. The number of amides is 1. The van der Waals surface area contributed by atoms with E-state index < -0.39 is 6.10 Å². The Labute approximate surface area is 107 Å². The van der Waals surface area contributed by atoms with Crippen LogP contribution in [0.2, 0.25) is 0 Å². The van der Waals surface area contributed by atoms with E-state index in [1.165, 1.54) is 0 Å². The molecule has 5 nitrogen and oxygen atoms in total. The van der Waals surface area contributed by atoms with E-state index in [-0.39, 0.29) is 18.2 Å². The predicted molar refractivity (Wildman–Crippen MR) is 68.2 cm³/mol. The van der Waals surface area contributed by atoms with Crippen molar-refractivity contribution in [1.82, 2.24) is 10.3 Å². The molecule has 100 valence electrons. The Bertz CT molecular complexity index is 355. The van der Waals surface area contributed by atoms with Crippen LogP contribution in [-0.2, 0) is 4.79 Å². The summed E-state index contributed by atoms with van der Waals surface area (Å²) >= 11 is 0. The second kappa shape index (κ2) is 7.66. The molecule has 18 heavy (non-hydrogen) atoms. The number of carbonyl (C=O) groups excluding carboxylic acids is 1. The summed E-state index contributed by atoms with van der Waals surface area (Å²) in [6.45, 7) is 4.56. The molecule has 1 unspecified atom stereocenters. The van der Waals surface area contributed by atoms with E-state index in [2.05, 4.69) is 10.3 Å². The number of hydrogen-bond donors (Lipinski definition) is 2. The Morgan fingerprint density at radius 2 is 2.33 bits per heavy atom. The summed E-state index contributed by atoms with van der Waals surface area (Å²) < 4.78 is 5.37. The second-order valence-electron chi connectivity index (χ2n) is 4.40. The maximum absolute atomic E-state index is 11.4. The minimum absolute atomic E-state index is 0.0855. The third-order valence-electron chi connectivity index (χ3n) is 2.49. The zero-order chi connectivity index (χ0) is 13.4. The molecule has 1 rings (SSSR count). The van der Waals surface area contributed by atoms with Crippen LogP contribution in [0, 0.1) is 5.92 Å². The van der Waals surface area contributed by atoms with Gasteiger partial charge >= 0.3 is 0 Å². The molecule has 0 radical (unpaired) electrons. The van der Waals surface area contributed by atoms with Crippen LogP contribution in [0.15, 0.2) is 24.5 Å². The minimum atomic E-state index is -0.593. The number of pyridine rings is 1. The molecule has 1 heterocycles. The lowest BCUT2D eigenvalue weighted by molar-refractivity contribution is -0.123. The van der Waals surface area contributed by atoms with E-state index in [0.717, 1.165) is 0 Å². The first kappa shape index (κ1) is 14.4. The third kappa shape index (κ3) is 5.63. The lowest BCUT2D eigenvalue weighted by Crippen LogP contribution is -2.32. The van der Waals surface area contributed by atoms with E-state index in [0.29, 0.717) is 18.9 Å². The molecular formula is C13H20N2O3. The molecule has 5 heteroatoms. The van der Waals surface area contributed by atoms with Crippen molar-refractivity contribution in [2.45, 2.75) is 26.4 Å². The Hall–Kier alpha value is -1.62. The largest absolute Gasteiger partial charge is 0.490 e. The molecule has 1 aromatic heterocycles. The maximum atomic E-state index is 11.4. The van der Waals surface area contributed by atoms with Gasteiger partial charge in [-0.05, 0) is 18.1 Å². The lowest BCUT2D eigenvalue weighted by Gasteiger charge is -2.14. The van der Waals surface area contributed by atoms with Gasteiger partial charge in [-0.25, -0.2) is 0 Å². The molecule has 0 spiro atoms. The van der Waals surface area contributed by atoms with Gasteiger partial charge < -0.3 is 15.2 Å². The molecule has 0 aromatic carbocycles. The van der Waals surface area contributed by atoms with Crippen LogP contribution in [0.1, 0.15) is 20.3 Å². The topological polar surface area (TPSA) is 71.5 Å². The highest BCUT2D eigenvalue weighted by Gasteiger charge is 2.13. The fraction of sp³-hybridized carbons (Fsp3) is 0.538. The van der Waals surface area contributed by atoms with E-state index in [4.69, 9.17) is 4.74 Å². The number of nitrogens with one attached hydrogen (secondary N) is 1. The fourth-order valence-electron chi connectivity index (χ4n) is 1.29. The molecule has 1 aromatic rings.